The molecule has 0 aromatic carbocycles. The minimum atomic E-state index is 0.416. The lowest BCUT2D eigenvalue weighted by Gasteiger charge is -2.34. The van der Waals surface area contributed by atoms with Gasteiger partial charge in [0.05, 0.1) is 6.54 Å². The maximum atomic E-state index is 10.6. The van der Waals surface area contributed by atoms with Crippen LogP contribution in [-0.2, 0) is 6.54 Å². The Morgan fingerprint density at radius 3 is 2.47 bits per heavy atom. The molecule has 0 N–H and O–H groups in total. The Bertz CT molecular complexity index is 395. The average Bonchev–Trinajstić information content (AvgIpc) is 2.85. The minimum absolute atomic E-state index is 0.416. The van der Waals surface area contributed by atoms with Gasteiger partial charge in [0.25, 0.3) is 0 Å². The zero-order valence-electron chi connectivity index (χ0n) is 11.8. The molecule has 1 aromatic heterocycles. The average molecular weight is 265 g/mol. The lowest BCUT2D eigenvalue weighted by atomic mass is 10.3. The molecule has 1 fully saturated rings. The van der Waals surface area contributed by atoms with Gasteiger partial charge in [0, 0.05) is 39.3 Å². The Morgan fingerprint density at radius 2 is 1.89 bits per heavy atom. The van der Waals surface area contributed by atoms with Gasteiger partial charge in [0.1, 0.15) is 5.76 Å². The van der Waals surface area contributed by atoms with E-state index in [0.717, 1.165) is 57.9 Å². The highest BCUT2D eigenvalue weighted by atomic mass is 16.3. The summed E-state index contributed by atoms with van der Waals surface area (Å²) >= 11 is 0. The first-order chi connectivity index (χ1) is 9.17. The third-order valence-electron chi connectivity index (χ3n) is 3.51. The van der Waals surface area contributed by atoms with Crippen molar-refractivity contribution in [1.82, 2.24) is 14.7 Å². The first kappa shape index (κ1) is 14.2. The van der Waals surface area contributed by atoms with E-state index in [2.05, 4.69) is 28.8 Å². The summed E-state index contributed by atoms with van der Waals surface area (Å²) < 4.78 is 5.41. The molecule has 1 aromatic rings. The molecular weight excluding hydrogens is 242 g/mol. The normalized spacial score (nSPS) is 18.1. The third kappa shape index (κ3) is 4.45. The van der Waals surface area contributed by atoms with E-state index in [-0.39, 0.29) is 0 Å². The van der Waals surface area contributed by atoms with Crippen molar-refractivity contribution in [2.45, 2.75) is 6.54 Å². The first-order valence-corrected chi connectivity index (χ1v) is 6.80. The molecule has 2 rings (SSSR count). The molecular formula is C14H23N3O2. The standard InChI is InChI=1S/C14H23N3O2/c1-15(2)5-6-16-7-9-17(10-8-16)11-13-3-4-14(12-18)19-13/h3-4,12H,5-11H2,1-2H3. The summed E-state index contributed by atoms with van der Waals surface area (Å²) in [4.78, 5) is 17.7. The van der Waals surface area contributed by atoms with Crippen LogP contribution >= 0.6 is 0 Å². The fourth-order valence-corrected chi connectivity index (χ4v) is 2.28. The molecule has 1 saturated heterocycles. The summed E-state index contributed by atoms with van der Waals surface area (Å²) in [5.74, 6) is 1.29. The van der Waals surface area contributed by atoms with E-state index in [4.69, 9.17) is 4.42 Å². The summed E-state index contributed by atoms with van der Waals surface area (Å²) in [5, 5.41) is 0. The van der Waals surface area contributed by atoms with Crippen molar-refractivity contribution in [3.05, 3.63) is 23.7 Å². The second-order valence-corrected chi connectivity index (χ2v) is 5.34. The lowest BCUT2D eigenvalue weighted by molar-refractivity contribution is 0.107. The Balaban J connectivity index is 1.72. The fraction of sp³-hybridized carbons (Fsp3) is 0.643. The molecule has 0 bridgehead atoms. The van der Waals surface area contributed by atoms with Crippen molar-refractivity contribution in [2.24, 2.45) is 0 Å². The van der Waals surface area contributed by atoms with Crippen LogP contribution in [-0.4, -0.2) is 74.3 Å². The van der Waals surface area contributed by atoms with Gasteiger partial charge in [0.15, 0.2) is 12.0 Å². The Morgan fingerprint density at radius 1 is 1.21 bits per heavy atom. The van der Waals surface area contributed by atoms with Gasteiger partial charge in [0.2, 0.25) is 0 Å². The molecule has 1 aliphatic heterocycles. The molecule has 106 valence electrons. The van der Waals surface area contributed by atoms with Crippen molar-refractivity contribution in [3.63, 3.8) is 0 Å². The maximum absolute atomic E-state index is 10.6. The van der Waals surface area contributed by atoms with E-state index >= 15 is 0 Å². The Kier molecular flexibility index (Phi) is 5.13. The van der Waals surface area contributed by atoms with E-state index in [1.54, 1.807) is 6.07 Å². The maximum Gasteiger partial charge on any atom is 0.185 e. The van der Waals surface area contributed by atoms with Gasteiger partial charge in [-0.05, 0) is 26.2 Å². The number of carbonyl (C=O) groups is 1. The number of aldehydes is 1. The molecule has 2 heterocycles. The molecule has 0 amide bonds. The molecule has 0 atom stereocenters. The number of carbonyl (C=O) groups excluding carboxylic acids is 1. The highest BCUT2D eigenvalue weighted by molar-refractivity contribution is 5.70. The molecule has 5 nitrogen and oxygen atoms in total. The zero-order valence-corrected chi connectivity index (χ0v) is 11.8. The molecule has 0 saturated carbocycles. The number of piperazine rings is 1. The molecule has 19 heavy (non-hydrogen) atoms. The minimum Gasteiger partial charge on any atom is -0.457 e. The Hall–Kier alpha value is -1.17. The molecule has 1 aliphatic rings. The van der Waals surface area contributed by atoms with Crippen LogP contribution in [0.3, 0.4) is 0 Å². The highest BCUT2D eigenvalue weighted by Crippen LogP contribution is 2.11. The van der Waals surface area contributed by atoms with Crippen LogP contribution in [0, 0.1) is 0 Å². The summed E-state index contributed by atoms with van der Waals surface area (Å²) in [6.45, 7) is 7.38. The van der Waals surface area contributed by atoms with Crippen molar-refractivity contribution in [3.8, 4) is 0 Å². The van der Waals surface area contributed by atoms with Crippen molar-refractivity contribution < 1.29 is 9.21 Å². The summed E-state index contributed by atoms with van der Waals surface area (Å²) in [5.41, 5.74) is 0. The van der Waals surface area contributed by atoms with E-state index in [9.17, 15) is 4.79 Å². The number of likely N-dealkylation sites (N-methyl/N-ethyl adjacent to an activating group) is 1. The quantitative estimate of drug-likeness (QED) is 0.711. The van der Waals surface area contributed by atoms with Gasteiger partial charge in [-0.3, -0.25) is 14.6 Å². The van der Waals surface area contributed by atoms with Crippen molar-refractivity contribution in [2.75, 3.05) is 53.4 Å². The van der Waals surface area contributed by atoms with Crippen molar-refractivity contribution in [1.29, 1.82) is 0 Å². The lowest BCUT2D eigenvalue weighted by Crippen LogP contribution is -2.47. The second-order valence-electron chi connectivity index (χ2n) is 5.34. The predicted octanol–water partition coefficient (Wildman–Crippen LogP) is 0.771. The molecule has 0 radical (unpaired) electrons. The van der Waals surface area contributed by atoms with E-state index < -0.39 is 0 Å². The van der Waals surface area contributed by atoms with Crippen LogP contribution in [0.5, 0.6) is 0 Å². The van der Waals surface area contributed by atoms with Crippen LogP contribution in [0.1, 0.15) is 16.3 Å². The molecule has 0 unspecified atom stereocenters. The van der Waals surface area contributed by atoms with Gasteiger partial charge >= 0.3 is 0 Å². The van der Waals surface area contributed by atoms with Crippen LogP contribution in [0.15, 0.2) is 16.5 Å². The number of furan rings is 1. The molecule has 0 spiro atoms. The monoisotopic (exact) mass is 265 g/mol. The van der Waals surface area contributed by atoms with Gasteiger partial charge < -0.3 is 9.32 Å². The van der Waals surface area contributed by atoms with Crippen LogP contribution in [0.2, 0.25) is 0 Å². The topological polar surface area (TPSA) is 39.9 Å². The van der Waals surface area contributed by atoms with Gasteiger partial charge in [-0.1, -0.05) is 0 Å². The fourth-order valence-electron chi connectivity index (χ4n) is 2.28. The van der Waals surface area contributed by atoms with Gasteiger partial charge in [-0.15, -0.1) is 0 Å². The number of hydrogen-bond acceptors (Lipinski definition) is 5. The zero-order chi connectivity index (χ0) is 13.7. The smallest absolute Gasteiger partial charge is 0.185 e. The van der Waals surface area contributed by atoms with Crippen LogP contribution in [0.25, 0.3) is 0 Å². The largest absolute Gasteiger partial charge is 0.457 e. The molecule has 0 aliphatic carbocycles. The SMILES string of the molecule is CN(C)CCN1CCN(Cc2ccc(C=O)o2)CC1. The third-order valence-corrected chi connectivity index (χ3v) is 3.51. The van der Waals surface area contributed by atoms with Gasteiger partial charge in [-0.2, -0.15) is 0 Å². The summed E-state index contributed by atoms with van der Waals surface area (Å²) in [6, 6.07) is 3.62. The van der Waals surface area contributed by atoms with Gasteiger partial charge in [-0.25, -0.2) is 0 Å². The van der Waals surface area contributed by atoms with E-state index in [1.807, 2.05) is 6.07 Å². The van der Waals surface area contributed by atoms with Crippen molar-refractivity contribution >= 4 is 6.29 Å². The predicted molar refractivity (Wildman–Crippen MR) is 74.4 cm³/mol. The van der Waals surface area contributed by atoms with E-state index in [1.165, 1.54) is 0 Å². The molecule has 5 heteroatoms. The Labute approximate surface area is 114 Å². The number of rotatable bonds is 6. The highest BCUT2D eigenvalue weighted by Gasteiger charge is 2.17. The van der Waals surface area contributed by atoms with Crippen LogP contribution in [0.4, 0.5) is 0 Å². The number of nitrogens with zero attached hydrogens (tertiary/aromatic N) is 3. The summed E-state index contributed by atoms with van der Waals surface area (Å²) in [6.07, 6.45) is 0.753. The number of hydrogen-bond donors (Lipinski definition) is 0. The first-order valence-electron chi connectivity index (χ1n) is 6.80. The second kappa shape index (κ2) is 6.84. The summed E-state index contributed by atoms with van der Waals surface area (Å²) in [7, 11) is 4.22. The van der Waals surface area contributed by atoms with E-state index in [0.29, 0.717) is 5.76 Å². The van der Waals surface area contributed by atoms with Crippen LogP contribution < -0.4 is 0 Å².